The van der Waals surface area contributed by atoms with Crippen molar-refractivity contribution in [1.29, 1.82) is 0 Å². The standard InChI is InChI=1S/C87H82N2O2/c1-12-26-66-39-53-76(54-40-66)89(78-57-51-72(52-58-78)71-47-45-70(46-48-71)68(16-5)27-13-2)77-55-49-69(50-56-77)62(9)35-36-63(10)88-84(17-6)80(59-41-65(15-4)29-21-20-22-32-82-83-33-23-24-34-87(83)91-86(82)19-8)81(85(88)18-7)60-42-67-37-43-73(44-38-67)74-30-25-31-75(61-74)79(28-14-3)64(11)90/h12-21,23-27,29-41,43-49,51-55,57-61,79,90H,2-6,9-11,22,28,42,50,56H2,1,7-8H3/b21-20+,26-12+,36-35-,59-41+,65-29+,68-27+,81-60-,82-32-,85-18+,86-19+. The summed E-state index contributed by atoms with van der Waals surface area (Å²) in [5.74, 6) is -0.0734. The summed E-state index contributed by atoms with van der Waals surface area (Å²) < 4.78 is 8.30. The Balaban J connectivity index is 1.01. The predicted molar refractivity (Wildman–Crippen MR) is 397 cm³/mol. The first-order chi connectivity index (χ1) is 44.4. The topological polar surface area (TPSA) is 41.5 Å². The maximum atomic E-state index is 10.4. The van der Waals surface area contributed by atoms with Crippen molar-refractivity contribution in [2.75, 3.05) is 4.90 Å². The Morgan fingerprint density at radius 1 is 0.670 bits per heavy atom. The Labute approximate surface area is 539 Å². The van der Waals surface area contributed by atoms with Crippen molar-refractivity contribution in [2.24, 2.45) is 0 Å². The van der Waals surface area contributed by atoms with Crippen LogP contribution in [0.25, 0.3) is 87.0 Å². The van der Waals surface area contributed by atoms with E-state index in [1.807, 2.05) is 80.6 Å². The van der Waals surface area contributed by atoms with Crippen LogP contribution in [0.5, 0.6) is 0 Å². The van der Waals surface area contributed by atoms with Gasteiger partial charge in [0, 0.05) is 55.4 Å². The zero-order valence-electron chi connectivity index (χ0n) is 53.0. The van der Waals surface area contributed by atoms with Crippen LogP contribution >= 0.6 is 0 Å². The summed E-state index contributed by atoms with van der Waals surface area (Å²) in [6.07, 6.45) is 47.0. The second kappa shape index (κ2) is 31.3. The number of aliphatic hydroxyl groups is 1. The molecule has 0 spiro atoms. The molecule has 1 aliphatic rings. The van der Waals surface area contributed by atoms with Crippen LogP contribution in [-0.4, -0.2) is 9.67 Å². The van der Waals surface area contributed by atoms with Gasteiger partial charge in [-0.15, -0.1) is 6.58 Å². The number of furan rings is 1. The first-order valence-corrected chi connectivity index (χ1v) is 31.1. The van der Waals surface area contributed by atoms with Gasteiger partial charge in [0.1, 0.15) is 11.0 Å². The van der Waals surface area contributed by atoms with E-state index in [1.165, 1.54) is 5.70 Å². The summed E-state index contributed by atoms with van der Waals surface area (Å²) in [7, 11) is 0. The van der Waals surface area contributed by atoms with Gasteiger partial charge < -0.3 is 19.0 Å². The smallest absolute Gasteiger partial charge is 0.135 e. The molecule has 452 valence electrons. The van der Waals surface area contributed by atoms with Crippen molar-refractivity contribution in [3.63, 3.8) is 0 Å². The van der Waals surface area contributed by atoms with E-state index in [0.717, 1.165) is 147 Å². The fourth-order valence-electron chi connectivity index (χ4n) is 11.7. The van der Waals surface area contributed by atoms with Crippen molar-refractivity contribution < 1.29 is 9.52 Å². The number of hydrogen-bond donors (Lipinski definition) is 1. The van der Waals surface area contributed by atoms with Gasteiger partial charge >= 0.3 is 0 Å². The van der Waals surface area contributed by atoms with Crippen molar-refractivity contribution in [1.82, 2.24) is 4.57 Å². The first kappa shape index (κ1) is 64.5. The van der Waals surface area contributed by atoms with Crippen LogP contribution in [0.1, 0.15) is 85.9 Å². The highest BCUT2D eigenvalue weighted by molar-refractivity contribution is 5.80. The van der Waals surface area contributed by atoms with Crippen LogP contribution in [0.15, 0.2) is 316 Å². The minimum Gasteiger partial charge on any atom is -0.512 e. The van der Waals surface area contributed by atoms with Crippen LogP contribution in [0.3, 0.4) is 0 Å². The molecule has 0 saturated heterocycles. The van der Waals surface area contributed by atoms with E-state index in [9.17, 15) is 5.11 Å². The Bertz CT molecular complexity index is 4580. The van der Waals surface area contributed by atoms with Crippen molar-refractivity contribution in [3.8, 4) is 22.3 Å². The predicted octanol–water partition coefficient (Wildman–Crippen LogP) is 20.9. The fourth-order valence-corrected chi connectivity index (χ4v) is 11.7. The minimum atomic E-state index is -0.209. The van der Waals surface area contributed by atoms with E-state index < -0.39 is 0 Å². The number of allylic oxidation sites excluding steroid dienone is 21. The first-order valence-electron chi connectivity index (χ1n) is 31.1. The number of aromatic nitrogens is 1. The molecular weight excluding hydrogens is 1100 g/mol. The van der Waals surface area contributed by atoms with Gasteiger partial charge in [0.05, 0.1) is 11.5 Å². The number of benzene rings is 6. The Morgan fingerprint density at radius 3 is 2.01 bits per heavy atom. The lowest BCUT2D eigenvalue weighted by Gasteiger charge is -2.30. The summed E-state index contributed by atoms with van der Waals surface area (Å²) >= 11 is 0. The van der Waals surface area contributed by atoms with E-state index in [4.69, 9.17) is 11.0 Å². The van der Waals surface area contributed by atoms with Gasteiger partial charge in [-0.1, -0.05) is 265 Å². The molecule has 0 amide bonds. The van der Waals surface area contributed by atoms with Crippen molar-refractivity contribution in [2.45, 2.75) is 58.8 Å². The molecule has 8 aromatic rings. The second-order valence-corrected chi connectivity index (χ2v) is 22.3. The highest BCUT2D eigenvalue weighted by Gasteiger charge is 2.20. The molecule has 6 aromatic carbocycles. The number of anilines is 2. The summed E-state index contributed by atoms with van der Waals surface area (Å²) in [5, 5.41) is 14.7. The summed E-state index contributed by atoms with van der Waals surface area (Å²) in [6, 6.07) is 51.3. The zero-order valence-corrected chi connectivity index (χ0v) is 53.0. The SMILES string of the molecule is C=C/C=C(\C=C)c1ccc(-c2ccc(N(C3=CC=C(C(=C)/C=C\C(=C)n4c(C=C)c(/C=C/C(C=C)=C/C=C/C/C=c5\c(=C/C)oc6ccccc56)c(=C/Cc5ccc(-c6cccc(C(CC=C)C(=C)O)c6)cc5)/c4=C\C)CC3)c3ccc(/C=C/C)cc3)cc2)cc1. The van der Waals surface area contributed by atoms with Gasteiger partial charge in [-0.3, -0.25) is 0 Å². The van der Waals surface area contributed by atoms with Crippen LogP contribution in [0.4, 0.5) is 11.4 Å². The van der Waals surface area contributed by atoms with E-state index in [2.05, 4.69) is 263 Å². The molecule has 9 rings (SSSR count). The van der Waals surface area contributed by atoms with Crippen LogP contribution in [0.2, 0.25) is 0 Å². The van der Waals surface area contributed by atoms with Gasteiger partial charge in [-0.05, 0) is 174 Å². The molecule has 2 aromatic heterocycles. The molecule has 1 N–H and O–H groups in total. The third kappa shape index (κ3) is 15.5. The quantitative estimate of drug-likeness (QED) is 0.0334. The highest BCUT2D eigenvalue weighted by Crippen LogP contribution is 2.37. The number of rotatable bonds is 26. The molecule has 2 heterocycles. The third-order valence-corrected chi connectivity index (χ3v) is 16.5. The van der Waals surface area contributed by atoms with E-state index in [1.54, 1.807) is 6.08 Å². The lowest BCUT2D eigenvalue weighted by Crippen LogP contribution is -2.29. The lowest BCUT2D eigenvalue weighted by molar-refractivity contribution is 0.370. The normalized spacial score (nSPS) is 14.2. The maximum Gasteiger partial charge on any atom is 0.135 e. The number of nitrogens with zero attached hydrogens (tertiary/aromatic N) is 2. The second-order valence-electron chi connectivity index (χ2n) is 22.3. The Kier molecular flexibility index (Phi) is 22.2. The summed E-state index contributed by atoms with van der Waals surface area (Å²) in [4.78, 5) is 2.37. The molecule has 0 fully saturated rings. The van der Waals surface area contributed by atoms with Crippen molar-refractivity contribution in [3.05, 3.63) is 366 Å². The third-order valence-electron chi connectivity index (χ3n) is 16.5. The van der Waals surface area contributed by atoms with E-state index in [0.29, 0.717) is 12.8 Å². The highest BCUT2D eigenvalue weighted by atomic mass is 16.3. The molecule has 4 heteroatoms. The van der Waals surface area contributed by atoms with Gasteiger partial charge in [0.25, 0.3) is 0 Å². The molecular formula is C87H82N2O2. The monoisotopic (exact) mass is 1190 g/mol. The molecule has 1 aliphatic carbocycles. The molecule has 1 unspecified atom stereocenters. The molecule has 0 bridgehead atoms. The Morgan fingerprint density at radius 2 is 1.37 bits per heavy atom. The summed E-state index contributed by atoms with van der Waals surface area (Å²) in [5.41, 5.74) is 20.8. The Hall–Kier alpha value is -10.9. The average molecular weight is 1190 g/mol. The van der Waals surface area contributed by atoms with Gasteiger partial charge in [-0.25, -0.2) is 0 Å². The number of hydrogen-bond acceptors (Lipinski definition) is 3. The average Bonchev–Trinajstić information content (AvgIpc) is 1.70. The lowest BCUT2D eigenvalue weighted by atomic mass is 9.91. The van der Waals surface area contributed by atoms with Crippen molar-refractivity contribution >= 4 is 76.1 Å². The maximum absolute atomic E-state index is 10.4. The molecule has 0 radical (unpaired) electrons. The summed E-state index contributed by atoms with van der Waals surface area (Å²) in [6.45, 7) is 39.6. The van der Waals surface area contributed by atoms with Gasteiger partial charge in [-0.2, -0.15) is 0 Å². The molecule has 0 aliphatic heterocycles. The van der Waals surface area contributed by atoms with E-state index in [-0.39, 0.29) is 11.7 Å². The van der Waals surface area contributed by atoms with Crippen LogP contribution < -0.4 is 26.1 Å². The zero-order chi connectivity index (χ0) is 64.2. The number of aliphatic hydroxyl groups excluding tert-OH is 1. The van der Waals surface area contributed by atoms with Gasteiger partial charge in [0.15, 0.2) is 0 Å². The largest absolute Gasteiger partial charge is 0.512 e. The minimum absolute atomic E-state index is 0.136. The number of para-hydroxylation sites is 1. The molecule has 91 heavy (non-hydrogen) atoms. The fraction of sp³-hybridized carbons (Fsp3) is 0.103. The van der Waals surface area contributed by atoms with Crippen LogP contribution in [0, 0.1) is 0 Å². The molecule has 4 nitrogen and oxygen atoms in total. The number of fused-ring (bicyclic) bond motifs is 1. The van der Waals surface area contributed by atoms with Crippen LogP contribution in [-0.2, 0) is 6.42 Å². The van der Waals surface area contributed by atoms with E-state index >= 15 is 0 Å². The molecule has 1 atom stereocenters. The molecule has 0 saturated carbocycles. The van der Waals surface area contributed by atoms with Gasteiger partial charge in [0.2, 0.25) is 0 Å².